The minimum Gasteiger partial charge on any atom is -0.744 e. The van der Waals surface area contributed by atoms with Crippen molar-refractivity contribution in [2.45, 2.75) is 16.7 Å². The van der Waals surface area contributed by atoms with E-state index in [0.29, 0.717) is 6.07 Å². The minimum atomic E-state index is -5.21. The molecule has 0 radical (unpaired) electrons. The third-order valence-corrected chi connectivity index (χ3v) is 7.30. The second-order valence-corrected chi connectivity index (χ2v) is 10.2. The Morgan fingerprint density at radius 1 is 0.848 bits per heavy atom. The number of nitrogen functional groups attached to an aromatic ring is 1. The third-order valence-electron chi connectivity index (χ3n) is 5.04. The molecule has 1 aliphatic rings. The number of ketones is 2. The van der Waals surface area contributed by atoms with Crippen LogP contribution in [0.2, 0.25) is 0 Å². The van der Waals surface area contributed by atoms with Gasteiger partial charge in [0.2, 0.25) is 0 Å². The fraction of sp³-hybridized carbons (Fsp3) is 0.0476. The zero-order valence-corrected chi connectivity index (χ0v) is 21.1. The van der Waals surface area contributed by atoms with E-state index < -0.39 is 59.1 Å². The van der Waals surface area contributed by atoms with Crippen LogP contribution < -0.4 is 40.0 Å². The van der Waals surface area contributed by atoms with Gasteiger partial charge in [0.1, 0.15) is 10.1 Å². The molecule has 3 N–H and O–H groups in total. The molecule has 12 heteroatoms. The number of aryl methyl sites for hydroxylation is 1. The molecule has 164 valence electrons. The summed E-state index contributed by atoms with van der Waals surface area (Å²) in [6, 6.07) is 12.1. The zero-order chi connectivity index (χ0) is 23.4. The van der Waals surface area contributed by atoms with Crippen molar-refractivity contribution in [3.63, 3.8) is 0 Å². The van der Waals surface area contributed by atoms with Crippen LogP contribution in [0.15, 0.2) is 64.4 Å². The summed E-state index contributed by atoms with van der Waals surface area (Å²) in [6.45, 7) is 1.76. The van der Waals surface area contributed by atoms with Gasteiger partial charge >= 0.3 is 29.6 Å². The molecule has 0 atom stereocenters. The second-order valence-electron chi connectivity index (χ2n) is 7.16. The van der Waals surface area contributed by atoms with Gasteiger partial charge in [-0.1, -0.05) is 42.0 Å². The Balaban J connectivity index is 0.00000306. The van der Waals surface area contributed by atoms with E-state index in [4.69, 9.17) is 5.73 Å². The summed E-state index contributed by atoms with van der Waals surface area (Å²) in [5.41, 5.74) is 4.39. The molecule has 0 unspecified atom stereocenters. The first-order chi connectivity index (χ1) is 14.9. The van der Waals surface area contributed by atoms with Crippen LogP contribution in [0.5, 0.6) is 0 Å². The first-order valence-electron chi connectivity index (χ1n) is 9.12. The Labute approximate surface area is 212 Å². The topological polar surface area (TPSA) is 164 Å². The van der Waals surface area contributed by atoms with E-state index >= 15 is 0 Å². The molecule has 0 fully saturated rings. The first-order valence-corrected chi connectivity index (χ1v) is 12.0. The minimum absolute atomic E-state index is 0. The average molecular weight is 494 g/mol. The van der Waals surface area contributed by atoms with Gasteiger partial charge in [0.05, 0.1) is 32.3 Å². The summed E-state index contributed by atoms with van der Waals surface area (Å²) in [5.74, 6) is -1.53. The van der Waals surface area contributed by atoms with Crippen LogP contribution in [0.1, 0.15) is 37.4 Å². The summed E-state index contributed by atoms with van der Waals surface area (Å²) in [7, 11) is -9.52. The van der Waals surface area contributed by atoms with Gasteiger partial charge in [0.15, 0.2) is 11.6 Å². The number of hydrogen-bond donors (Lipinski definition) is 2. The van der Waals surface area contributed by atoms with Crippen molar-refractivity contribution in [3.8, 4) is 0 Å². The largest absolute Gasteiger partial charge is 1.00 e. The van der Waals surface area contributed by atoms with Gasteiger partial charge in [0.25, 0.3) is 10.0 Å². The summed E-state index contributed by atoms with van der Waals surface area (Å²) in [4.78, 5) is 25.1. The summed E-state index contributed by atoms with van der Waals surface area (Å²) in [6.07, 6.45) is 0. The van der Waals surface area contributed by atoms with E-state index in [2.05, 4.69) is 4.72 Å². The van der Waals surface area contributed by atoms with Crippen molar-refractivity contribution in [2.75, 3.05) is 10.5 Å². The smallest absolute Gasteiger partial charge is 0.744 e. The standard InChI is InChI=1S/C21H16N2O7S2.Na/c1-11-6-8-12(9-7-11)31(26,27)23-15-10-16(32(28,29)30)19(22)18-17(15)20(24)13-4-2-3-5-14(13)21(18)25;/h2-10,23H,22H2,1H3,(H,28,29,30);/q;+1/p-1. The van der Waals surface area contributed by atoms with E-state index in [-0.39, 0.29) is 45.6 Å². The number of nitrogens with two attached hydrogens (primary N) is 1. The molecule has 3 aromatic carbocycles. The molecule has 0 saturated heterocycles. The fourth-order valence-corrected chi connectivity index (χ4v) is 5.20. The average Bonchev–Trinajstić information content (AvgIpc) is 2.72. The number of fused-ring (bicyclic) bond motifs is 2. The van der Waals surface area contributed by atoms with Crippen molar-refractivity contribution in [1.82, 2.24) is 0 Å². The zero-order valence-electron chi connectivity index (χ0n) is 17.4. The van der Waals surface area contributed by atoms with Gasteiger partial charge in [-0.25, -0.2) is 16.8 Å². The van der Waals surface area contributed by atoms with Gasteiger partial charge in [-0.05, 0) is 25.1 Å². The summed E-state index contributed by atoms with van der Waals surface area (Å²) < 4.78 is 63.3. The van der Waals surface area contributed by atoms with E-state index in [0.717, 1.165) is 5.56 Å². The van der Waals surface area contributed by atoms with E-state index in [1.165, 1.54) is 36.4 Å². The van der Waals surface area contributed by atoms with Crippen LogP contribution in [0.3, 0.4) is 0 Å². The number of sulfonamides is 1. The van der Waals surface area contributed by atoms with Crippen LogP contribution in [0.25, 0.3) is 0 Å². The maximum Gasteiger partial charge on any atom is 1.00 e. The van der Waals surface area contributed by atoms with Crippen molar-refractivity contribution in [3.05, 3.63) is 82.4 Å². The number of nitrogens with one attached hydrogen (secondary N) is 1. The summed E-state index contributed by atoms with van der Waals surface area (Å²) >= 11 is 0. The van der Waals surface area contributed by atoms with Crippen molar-refractivity contribution >= 4 is 43.1 Å². The normalized spacial score (nSPS) is 13.0. The molecule has 0 saturated carbocycles. The molecule has 0 spiro atoms. The van der Waals surface area contributed by atoms with Crippen LogP contribution >= 0.6 is 0 Å². The molecule has 3 aromatic rings. The van der Waals surface area contributed by atoms with Crippen molar-refractivity contribution in [2.24, 2.45) is 0 Å². The number of carbonyl (C=O) groups is 2. The van der Waals surface area contributed by atoms with Gasteiger partial charge in [-0.3, -0.25) is 14.3 Å². The predicted octanol–water partition coefficient (Wildman–Crippen LogP) is -0.938. The molecule has 0 aliphatic heterocycles. The van der Waals surface area contributed by atoms with Crippen molar-refractivity contribution in [1.29, 1.82) is 0 Å². The number of rotatable bonds is 4. The first kappa shape index (κ1) is 25.1. The number of carbonyl (C=O) groups excluding carboxylic acids is 2. The monoisotopic (exact) mass is 494 g/mol. The molecule has 9 nitrogen and oxygen atoms in total. The number of benzene rings is 3. The Bertz CT molecular complexity index is 1530. The Hall–Kier alpha value is -2.54. The van der Waals surface area contributed by atoms with Crippen LogP contribution in [-0.4, -0.2) is 33.0 Å². The van der Waals surface area contributed by atoms with Crippen LogP contribution in [-0.2, 0) is 20.1 Å². The van der Waals surface area contributed by atoms with Gasteiger partial charge in [-0.2, -0.15) is 0 Å². The number of anilines is 2. The Morgan fingerprint density at radius 3 is 1.88 bits per heavy atom. The Kier molecular flexibility index (Phi) is 6.59. The molecular weight excluding hydrogens is 479 g/mol. The molecule has 0 amide bonds. The van der Waals surface area contributed by atoms with Gasteiger partial charge in [-0.15, -0.1) is 0 Å². The quantitative estimate of drug-likeness (QED) is 0.209. The van der Waals surface area contributed by atoms with Crippen LogP contribution in [0.4, 0.5) is 11.4 Å². The molecule has 0 aromatic heterocycles. The van der Waals surface area contributed by atoms with E-state index in [1.54, 1.807) is 19.1 Å². The molecule has 1 aliphatic carbocycles. The van der Waals surface area contributed by atoms with Crippen LogP contribution in [0, 0.1) is 6.92 Å². The molecule has 33 heavy (non-hydrogen) atoms. The molecule has 0 bridgehead atoms. The SMILES string of the molecule is Cc1ccc(S(=O)(=O)Nc2cc(S(=O)(=O)[O-])c(N)c3c2C(=O)c2ccccc2C3=O)cc1.[Na+]. The fourth-order valence-electron chi connectivity index (χ4n) is 3.50. The molecule has 0 heterocycles. The van der Waals surface area contributed by atoms with Gasteiger partial charge in [0, 0.05) is 11.1 Å². The van der Waals surface area contributed by atoms with Gasteiger partial charge < -0.3 is 10.3 Å². The number of hydrogen-bond acceptors (Lipinski definition) is 8. The third kappa shape index (κ3) is 4.35. The predicted molar refractivity (Wildman–Crippen MR) is 114 cm³/mol. The summed E-state index contributed by atoms with van der Waals surface area (Å²) in [5, 5.41) is 0. The second kappa shape index (κ2) is 8.67. The Morgan fingerprint density at radius 2 is 1.36 bits per heavy atom. The van der Waals surface area contributed by atoms with E-state index in [1.807, 2.05) is 0 Å². The van der Waals surface area contributed by atoms with Crippen molar-refractivity contribution < 1.29 is 60.5 Å². The maximum absolute atomic E-state index is 13.2. The molecule has 4 rings (SSSR count). The maximum atomic E-state index is 13.2. The van der Waals surface area contributed by atoms with E-state index in [9.17, 15) is 31.0 Å². The molecular formula is C21H15N2NaO7S2.